The van der Waals surface area contributed by atoms with Gasteiger partial charge in [0.15, 0.2) is 4.29 Å². The Morgan fingerprint density at radius 1 is 0.529 bits per heavy atom. The highest BCUT2D eigenvalue weighted by atomic mass is 80.0. The van der Waals surface area contributed by atoms with Gasteiger partial charge in [-0.3, -0.25) is 0 Å². The van der Waals surface area contributed by atoms with Gasteiger partial charge >= 0.3 is 0 Å². The van der Waals surface area contributed by atoms with E-state index in [9.17, 15) is 0 Å². The molecule has 0 N–H and O–H groups in total. The van der Waals surface area contributed by atoms with E-state index in [-0.39, 0.29) is 0 Å². The van der Waals surface area contributed by atoms with Crippen molar-refractivity contribution in [3.63, 3.8) is 0 Å². The molecule has 0 rings (SSSR count). The summed E-state index contributed by atoms with van der Waals surface area (Å²) >= 11 is 34.8. The fourth-order valence-electron chi connectivity index (χ4n) is 0.516. The predicted octanol–water partition coefficient (Wildman–Crippen LogP) is 7.24. The Bertz CT molecular complexity index is 225. The quantitative estimate of drug-likeness (QED) is 0.265. The van der Waals surface area contributed by atoms with Crippen LogP contribution in [-0.4, -0.2) is 23.8 Å². The number of hydrogen-bond acceptors (Lipinski definition) is 0. The van der Waals surface area contributed by atoms with E-state index in [0.717, 1.165) is 0 Å². The van der Waals surface area contributed by atoms with Gasteiger partial charge in [-0.05, 0) is 0 Å². The van der Waals surface area contributed by atoms with E-state index < -0.39 is 10.8 Å². The van der Waals surface area contributed by atoms with Gasteiger partial charge in [-0.15, -0.1) is 0 Å². The molecule has 0 bridgehead atoms. The lowest BCUT2D eigenvalue weighted by Crippen LogP contribution is -2.42. The Hall–Kier alpha value is 4.76. The van der Waals surface area contributed by atoms with Crippen molar-refractivity contribution in [3.8, 4) is 0 Å². The van der Waals surface area contributed by atoms with E-state index >= 15 is 0 Å². The molecule has 0 atom stereocenters. The van der Waals surface area contributed by atoms with E-state index in [4.69, 9.17) is 0 Å². The highest BCUT2D eigenvalue weighted by Crippen LogP contribution is 2.54. The highest BCUT2D eigenvalue weighted by molar-refractivity contribution is 9.42. The zero-order chi connectivity index (χ0) is 14.1. The third-order valence-electron chi connectivity index (χ3n) is 1.45. The molecular weight excluding hydrogens is 885 g/mol. The summed E-state index contributed by atoms with van der Waals surface area (Å²) in [4.78, 5) is 0. The summed E-state index contributed by atoms with van der Waals surface area (Å²) in [6.07, 6.45) is 0. The molecule has 1 radical (unpaired) electrons. The smallest absolute Gasteiger partial charge is 0.161 e. The summed E-state index contributed by atoms with van der Waals surface area (Å²) < 4.78 is -1.87. The predicted molar refractivity (Wildman–Crippen MR) is 112 cm³/mol. The molecule has 103 valence electrons. The van der Waals surface area contributed by atoms with Gasteiger partial charge < -0.3 is 0 Å². The Labute approximate surface area is 185 Å². The molecule has 0 aliphatic carbocycles. The molecule has 0 aromatic carbocycles. The van der Waals surface area contributed by atoms with Crippen molar-refractivity contribution in [3.05, 3.63) is 0 Å². The van der Waals surface area contributed by atoms with Crippen LogP contribution >= 0.6 is 159 Å². The van der Waals surface area contributed by atoms with Gasteiger partial charge in [0, 0.05) is 13.1 Å². The van der Waals surface area contributed by atoms with Gasteiger partial charge in [-0.25, -0.2) is 5.32 Å². The number of nitrogens with zero attached hydrogens (tertiary/aromatic N) is 1. The van der Waals surface area contributed by atoms with Crippen LogP contribution in [0.1, 0.15) is 0 Å². The number of alkyl halides is 10. The van der Waals surface area contributed by atoms with Gasteiger partial charge in [0.05, 0.1) is 0 Å². The molecule has 0 aliphatic heterocycles. The summed E-state index contributed by atoms with van der Waals surface area (Å²) in [6, 6.07) is 0. The molecule has 0 amide bonds. The molecule has 0 saturated heterocycles. The Morgan fingerprint density at radius 2 is 0.765 bits per heavy atom. The maximum Gasteiger partial charge on any atom is 0.161 e. The molecule has 0 heterocycles. The van der Waals surface area contributed by atoms with Crippen LogP contribution in [0.15, 0.2) is 0 Å². The van der Waals surface area contributed by atoms with Crippen LogP contribution in [0.4, 0.5) is 0 Å². The molecular formula is C6H4Br10N. The van der Waals surface area contributed by atoms with E-state index in [1.807, 2.05) is 0 Å². The second-order valence-electron chi connectivity index (χ2n) is 2.94. The third-order valence-corrected chi connectivity index (χ3v) is 15.3. The topological polar surface area (TPSA) is 14.1 Å². The van der Waals surface area contributed by atoms with Gasteiger partial charge in [0.25, 0.3) is 0 Å². The Kier molecular flexibility index (Phi) is 10.3. The van der Waals surface area contributed by atoms with Crippen LogP contribution in [0.25, 0.3) is 0 Å². The first-order valence-electron chi connectivity index (χ1n) is 3.73. The monoisotopic (exact) mass is 879 g/mol. The third kappa shape index (κ3) is 7.72. The van der Waals surface area contributed by atoms with E-state index in [1.165, 1.54) is 0 Å². The Morgan fingerprint density at radius 3 is 0.941 bits per heavy atom. The van der Waals surface area contributed by atoms with Gasteiger partial charge in [-0.2, -0.15) is 0 Å². The molecule has 0 unspecified atom stereocenters. The molecule has 11 heteroatoms. The fourth-order valence-corrected chi connectivity index (χ4v) is 1.98. The summed E-state index contributed by atoms with van der Waals surface area (Å²) in [7, 11) is 0. The van der Waals surface area contributed by atoms with Gasteiger partial charge in [0.1, 0.15) is 6.47 Å². The van der Waals surface area contributed by atoms with Crippen molar-refractivity contribution in [1.82, 2.24) is 5.32 Å². The van der Waals surface area contributed by atoms with E-state index in [1.54, 1.807) is 0 Å². The minimum Gasteiger partial charge on any atom is -0.237 e. The lowest BCUT2D eigenvalue weighted by Gasteiger charge is -2.32. The van der Waals surface area contributed by atoms with Crippen molar-refractivity contribution >= 4 is 159 Å². The summed E-state index contributed by atoms with van der Waals surface area (Å²) in [5.41, 5.74) is 0. The van der Waals surface area contributed by atoms with Gasteiger partial charge in [0.2, 0.25) is 0 Å². The average molecular weight is 889 g/mol. The Balaban J connectivity index is 4.36. The molecule has 17 heavy (non-hydrogen) atoms. The fraction of sp³-hybridized carbons (Fsp3) is 1.00. The minimum atomic E-state index is -0.487. The highest BCUT2D eigenvalue weighted by Gasteiger charge is 2.46. The molecule has 0 fully saturated rings. The largest absolute Gasteiger partial charge is 0.237 e. The first-order valence-corrected chi connectivity index (χ1v) is 11.7. The lowest BCUT2D eigenvalue weighted by molar-refractivity contribution is 0.636. The molecule has 1 nitrogen and oxygen atoms in total. The van der Waals surface area contributed by atoms with E-state index in [2.05, 4.69) is 165 Å². The van der Waals surface area contributed by atoms with Crippen LogP contribution in [-0.2, 0) is 0 Å². The SMILES string of the molecule is BrC(Br)(Br)C(Br)(Br)C[N]CC(Br)(Br)C(Br)(Br)Br. The number of hydrogen-bond donors (Lipinski definition) is 0. The van der Waals surface area contributed by atoms with Crippen LogP contribution in [0.3, 0.4) is 0 Å². The van der Waals surface area contributed by atoms with Crippen molar-refractivity contribution < 1.29 is 0 Å². The number of halogens is 10. The van der Waals surface area contributed by atoms with Crippen LogP contribution in [0.2, 0.25) is 0 Å². The lowest BCUT2D eigenvalue weighted by atomic mass is 10.4. The standard InChI is InChI=1S/C6H4Br10N/c7-3(8,5(11,12)13)1-17-2-4(9,10)6(14,15)16/h1-2H2. The first kappa shape index (κ1) is 21.8. The van der Waals surface area contributed by atoms with Crippen molar-refractivity contribution in [2.75, 3.05) is 13.1 Å². The van der Waals surface area contributed by atoms with Gasteiger partial charge in [-0.1, -0.05) is 159 Å². The van der Waals surface area contributed by atoms with Crippen LogP contribution in [0.5, 0.6) is 0 Å². The van der Waals surface area contributed by atoms with E-state index in [0.29, 0.717) is 13.1 Å². The molecule has 0 spiro atoms. The summed E-state index contributed by atoms with van der Waals surface area (Å²) in [5, 5.41) is 4.48. The first-order chi connectivity index (χ1) is 7.21. The van der Waals surface area contributed by atoms with Crippen LogP contribution in [0, 0.1) is 0 Å². The average Bonchev–Trinajstić information content (AvgIpc) is 1.98. The van der Waals surface area contributed by atoms with Crippen molar-refractivity contribution in [1.29, 1.82) is 0 Å². The zero-order valence-corrected chi connectivity index (χ0v) is 23.5. The normalized spacial score (nSPS) is 15.2. The minimum absolute atomic E-state index is 0.448. The summed E-state index contributed by atoms with van der Waals surface area (Å²) in [6.45, 7) is 1.05. The second-order valence-corrected chi connectivity index (χ2v) is 24.0. The maximum absolute atomic E-state index is 4.48. The maximum atomic E-state index is 4.48. The van der Waals surface area contributed by atoms with Crippen LogP contribution < -0.4 is 5.32 Å². The molecule has 0 aromatic heterocycles. The zero-order valence-electron chi connectivity index (χ0n) is 7.64. The molecule has 0 aromatic rings. The molecule has 0 aliphatic rings. The van der Waals surface area contributed by atoms with Crippen molar-refractivity contribution in [2.24, 2.45) is 0 Å². The van der Waals surface area contributed by atoms with Crippen molar-refractivity contribution in [2.45, 2.75) is 10.8 Å². The molecule has 0 saturated carbocycles. The number of rotatable bonds is 4. The second kappa shape index (κ2) is 8.04. The summed E-state index contributed by atoms with van der Waals surface area (Å²) in [5.74, 6) is 0.